The van der Waals surface area contributed by atoms with E-state index in [4.69, 9.17) is 14.2 Å². The van der Waals surface area contributed by atoms with Gasteiger partial charge in [0.05, 0.1) is 12.2 Å². The van der Waals surface area contributed by atoms with Crippen molar-refractivity contribution in [1.82, 2.24) is 0 Å². The molecule has 0 aromatic carbocycles. The van der Waals surface area contributed by atoms with Gasteiger partial charge < -0.3 is 19.3 Å². The van der Waals surface area contributed by atoms with Crippen molar-refractivity contribution >= 4 is 5.97 Å². The Bertz CT molecular complexity index is 693. The zero-order valence-electron chi connectivity index (χ0n) is 16.4. The SMILES string of the molecule is C=C1/C=C/[C@@H]([C@H](C)C(=C)C)OC(=O)C[C@]2(O)O[C@@H](CC(=C)C2C)[C@@H]2O[C@H]2C1. The summed E-state index contributed by atoms with van der Waals surface area (Å²) in [5.41, 5.74) is 2.66. The Morgan fingerprint density at radius 2 is 2.04 bits per heavy atom. The first kappa shape index (κ1) is 20.1. The number of epoxide rings is 1. The Hall–Kier alpha value is -1.69. The van der Waals surface area contributed by atoms with Gasteiger partial charge in [-0.3, -0.25) is 4.79 Å². The molecule has 0 radical (unpaired) electrons. The lowest BCUT2D eigenvalue weighted by atomic mass is 9.83. The maximum absolute atomic E-state index is 12.6. The summed E-state index contributed by atoms with van der Waals surface area (Å²) in [6.45, 7) is 17.8. The minimum Gasteiger partial charge on any atom is -0.457 e. The molecule has 0 aromatic heterocycles. The number of allylic oxidation sites excluding steroid dienone is 1. The standard InChI is InChI=1S/C22H30O5/c1-12(2)15(5)17-8-7-13(3)9-18-21(26-18)19-10-14(4)16(6)22(24,27-19)11-20(23)25-17/h7-8,15-19,21,24H,1,3-4,9-11H2,2,5-6H3/b8-7+/t15-,16?,17+,18+,19+,21-,22+/m1/s1. The second-order valence-electron chi connectivity index (χ2n) is 8.21. The molecule has 0 spiro atoms. The average molecular weight is 374 g/mol. The molecule has 0 aromatic rings. The van der Waals surface area contributed by atoms with Gasteiger partial charge in [-0.25, -0.2) is 0 Å². The Morgan fingerprint density at radius 3 is 2.70 bits per heavy atom. The first-order chi connectivity index (χ1) is 12.6. The van der Waals surface area contributed by atoms with E-state index in [-0.39, 0.29) is 36.6 Å². The molecule has 5 heteroatoms. The van der Waals surface area contributed by atoms with Crippen molar-refractivity contribution in [2.75, 3.05) is 0 Å². The summed E-state index contributed by atoms with van der Waals surface area (Å²) in [6.07, 6.45) is 3.84. The smallest absolute Gasteiger partial charge is 0.311 e. The Balaban J connectivity index is 1.89. The van der Waals surface area contributed by atoms with Crippen LogP contribution in [0.3, 0.4) is 0 Å². The number of rotatable bonds is 2. The molecule has 3 rings (SSSR count). The highest BCUT2D eigenvalue weighted by Crippen LogP contribution is 2.44. The van der Waals surface area contributed by atoms with Gasteiger partial charge in [0.15, 0.2) is 5.79 Å². The van der Waals surface area contributed by atoms with E-state index >= 15 is 0 Å². The van der Waals surface area contributed by atoms with Gasteiger partial charge in [0.25, 0.3) is 0 Å². The van der Waals surface area contributed by atoms with Crippen LogP contribution in [0.4, 0.5) is 0 Å². The number of ether oxygens (including phenoxy) is 3. The minimum atomic E-state index is -1.64. The summed E-state index contributed by atoms with van der Waals surface area (Å²) in [4.78, 5) is 12.6. The minimum absolute atomic E-state index is 0.00647. The van der Waals surface area contributed by atoms with Crippen molar-refractivity contribution in [3.63, 3.8) is 0 Å². The van der Waals surface area contributed by atoms with Crippen LogP contribution in [0.5, 0.6) is 0 Å². The molecule has 0 saturated carbocycles. The highest BCUT2D eigenvalue weighted by molar-refractivity contribution is 5.71. The molecule has 148 valence electrons. The predicted molar refractivity (Wildman–Crippen MR) is 103 cm³/mol. The third-order valence-corrected chi connectivity index (χ3v) is 6.02. The lowest BCUT2D eigenvalue weighted by Gasteiger charge is -2.42. The topological polar surface area (TPSA) is 68.3 Å². The van der Waals surface area contributed by atoms with Crippen LogP contribution in [0.1, 0.15) is 40.0 Å². The summed E-state index contributed by atoms with van der Waals surface area (Å²) < 4.78 is 17.4. The van der Waals surface area contributed by atoms with Crippen LogP contribution in [0.15, 0.2) is 48.6 Å². The normalized spacial score (nSPS) is 41.9. The Morgan fingerprint density at radius 1 is 1.33 bits per heavy atom. The van der Waals surface area contributed by atoms with Gasteiger partial charge in [-0.05, 0) is 19.4 Å². The molecule has 2 fully saturated rings. The van der Waals surface area contributed by atoms with Gasteiger partial charge in [0.2, 0.25) is 0 Å². The van der Waals surface area contributed by atoms with E-state index in [1.807, 2.05) is 32.9 Å². The summed E-state index contributed by atoms with van der Waals surface area (Å²) >= 11 is 0. The molecule has 0 aliphatic carbocycles. The number of hydrogen-bond acceptors (Lipinski definition) is 5. The maximum Gasteiger partial charge on any atom is 0.311 e. The summed E-state index contributed by atoms with van der Waals surface area (Å²) in [5, 5.41) is 11.1. The molecule has 7 atom stereocenters. The van der Waals surface area contributed by atoms with Crippen molar-refractivity contribution < 1.29 is 24.1 Å². The fraction of sp³-hybridized carbons (Fsp3) is 0.591. The highest BCUT2D eigenvalue weighted by atomic mass is 16.7. The fourth-order valence-corrected chi connectivity index (χ4v) is 3.73. The van der Waals surface area contributed by atoms with Crippen molar-refractivity contribution in [3.8, 4) is 0 Å². The van der Waals surface area contributed by atoms with Crippen molar-refractivity contribution in [3.05, 3.63) is 48.6 Å². The van der Waals surface area contributed by atoms with E-state index < -0.39 is 17.9 Å². The predicted octanol–water partition coefficient (Wildman–Crippen LogP) is 3.45. The monoisotopic (exact) mass is 374 g/mol. The zero-order chi connectivity index (χ0) is 19.9. The van der Waals surface area contributed by atoms with Crippen LogP contribution in [-0.4, -0.2) is 41.3 Å². The first-order valence-corrected chi connectivity index (χ1v) is 9.55. The molecule has 3 aliphatic heterocycles. The maximum atomic E-state index is 12.6. The summed E-state index contributed by atoms with van der Waals surface area (Å²) in [5.74, 6) is -2.58. The van der Waals surface area contributed by atoms with Gasteiger partial charge in [-0.1, -0.05) is 56.4 Å². The van der Waals surface area contributed by atoms with Crippen molar-refractivity contribution in [2.24, 2.45) is 11.8 Å². The number of cyclic esters (lactones) is 1. The number of carbonyl (C=O) groups is 1. The summed E-state index contributed by atoms with van der Waals surface area (Å²) in [7, 11) is 0. The number of carbonyl (C=O) groups excluding carboxylic acids is 1. The molecule has 1 unspecified atom stereocenters. The van der Waals surface area contributed by atoms with Crippen LogP contribution >= 0.6 is 0 Å². The average Bonchev–Trinajstić information content (AvgIpc) is 3.33. The molecule has 1 N–H and O–H groups in total. The Labute approximate surface area is 161 Å². The van der Waals surface area contributed by atoms with E-state index in [2.05, 4.69) is 19.7 Å². The number of esters is 1. The van der Waals surface area contributed by atoms with E-state index in [0.29, 0.717) is 12.8 Å². The lowest BCUT2D eigenvalue weighted by molar-refractivity contribution is -0.271. The lowest BCUT2D eigenvalue weighted by Crippen LogP contribution is -2.51. The fourth-order valence-electron chi connectivity index (χ4n) is 3.73. The molecule has 2 bridgehead atoms. The van der Waals surface area contributed by atoms with Gasteiger partial charge in [0, 0.05) is 18.3 Å². The molecule has 3 aliphatic rings. The van der Waals surface area contributed by atoms with Crippen LogP contribution in [0, 0.1) is 11.8 Å². The number of hydrogen-bond donors (Lipinski definition) is 1. The van der Waals surface area contributed by atoms with Gasteiger partial charge in [0.1, 0.15) is 18.6 Å². The zero-order valence-corrected chi connectivity index (χ0v) is 16.4. The Kier molecular flexibility index (Phi) is 5.48. The number of fused-ring (bicyclic) bond motifs is 4. The van der Waals surface area contributed by atoms with Gasteiger partial charge >= 0.3 is 5.97 Å². The van der Waals surface area contributed by atoms with Crippen molar-refractivity contribution in [1.29, 1.82) is 0 Å². The molecular formula is C22H30O5. The molecule has 3 heterocycles. The van der Waals surface area contributed by atoms with Crippen LogP contribution in [0.25, 0.3) is 0 Å². The second-order valence-corrected chi connectivity index (χ2v) is 8.21. The molecular weight excluding hydrogens is 344 g/mol. The molecule has 2 saturated heterocycles. The number of aliphatic hydroxyl groups is 1. The quantitative estimate of drug-likeness (QED) is 0.455. The summed E-state index contributed by atoms with van der Waals surface area (Å²) in [6, 6.07) is 0. The third kappa shape index (κ3) is 4.26. The molecule has 27 heavy (non-hydrogen) atoms. The highest BCUT2D eigenvalue weighted by Gasteiger charge is 2.53. The third-order valence-electron chi connectivity index (χ3n) is 6.02. The van der Waals surface area contributed by atoms with E-state index in [9.17, 15) is 9.90 Å². The van der Waals surface area contributed by atoms with Crippen molar-refractivity contribution in [2.45, 2.75) is 70.2 Å². The van der Waals surface area contributed by atoms with Crippen LogP contribution in [0.2, 0.25) is 0 Å². The largest absolute Gasteiger partial charge is 0.457 e. The van der Waals surface area contributed by atoms with E-state index in [1.165, 1.54) is 0 Å². The van der Waals surface area contributed by atoms with Crippen LogP contribution in [-0.2, 0) is 19.0 Å². The van der Waals surface area contributed by atoms with Gasteiger partial charge in [-0.15, -0.1) is 0 Å². The molecule has 5 nitrogen and oxygen atoms in total. The van der Waals surface area contributed by atoms with E-state index in [1.54, 1.807) is 0 Å². The van der Waals surface area contributed by atoms with Gasteiger partial charge in [-0.2, -0.15) is 0 Å². The van der Waals surface area contributed by atoms with Crippen LogP contribution < -0.4 is 0 Å². The molecule has 0 amide bonds. The van der Waals surface area contributed by atoms with E-state index in [0.717, 1.165) is 16.7 Å². The first-order valence-electron chi connectivity index (χ1n) is 9.55. The second kappa shape index (κ2) is 7.38.